The van der Waals surface area contributed by atoms with Crippen molar-refractivity contribution in [1.82, 2.24) is 4.90 Å². The van der Waals surface area contributed by atoms with Crippen LogP contribution in [-0.4, -0.2) is 34.7 Å². The zero-order valence-corrected chi connectivity index (χ0v) is 11.3. The Labute approximate surface area is 109 Å². The number of likely N-dealkylation sites (N-methyl/N-ethyl adjacent to an activating group) is 1. The highest BCUT2D eigenvalue weighted by Gasteiger charge is 2.24. The molecule has 1 aromatic rings. The van der Waals surface area contributed by atoms with E-state index in [0.29, 0.717) is 5.92 Å². The Balaban J connectivity index is 2.25. The maximum atomic E-state index is 9.95. The average molecular weight is 249 g/mol. The minimum Gasteiger partial charge on any atom is -0.504 e. The first-order valence-corrected chi connectivity index (χ1v) is 6.93. The van der Waals surface area contributed by atoms with Gasteiger partial charge < -0.3 is 15.1 Å². The van der Waals surface area contributed by atoms with Crippen LogP contribution in [0.25, 0.3) is 0 Å². The van der Waals surface area contributed by atoms with Gasteiger partial charge in [-0.3, -0.25) is 0 Å². The Morgan fingerprint density at radius 1 is 1.22 bits per heavy atom. The summed E-state index contributed by atoms with van der Waals surface area (Å²) in [5, 5.41) is 19.5. The highest BCUT2D eigenvalue weighted by atomic mass is 16.3. The fraction of sp³-hybridized carbons (Fsp3) is 0.600. The molecule has 18 heavy (non-hydrogen) atoms. The molecule has 100 valence electrons. The monoisotopic (exact) mass is 249 g/mol. The molecule has 0 bridgehead atoms. The van der Waals surface area contributed by atoms with E-state index in [0.717, 1.165) is 38.0 Å². The molecular weight excluding hydrogens is 226 g/mol. The topological polar surface area (TPSA) is 43.7 Å². The van der Waals surface area contributed by atoms with Crippen molar-refractivity contribution in [3.05, 3.63) is 23.3 Å². The van der Waals surface area contributed by atoms with Crippen LogP contribution >= 0.6 is 0 Å². The maximum absolute atomic E-state index is 9.95. The van der Waals surface area contributed by atoms with Gasteiger partial charge in [-0.1, -0.05) is 19.9 Å². The van der Waals surface area contributed by atoms with Crippen molar-refractivity contribution in [1.29, 1.82) is 0 Å². The van der Waals surface area contributed by atoms with E-state index in [9.17, 15) is 10.2 Å². The molecule has 2 N–H and O–H groups in total. The molecule has 2 rings (SSSR count). The van der Waals surface area contributed by atoms with Gasteiger partial charge in [-0.25, -0.2) is 0 Å². The van der Waals surface area contributed by atoms with E-state index >= 15 is 0 Å². The van der Waals surface area contributed by atoms with Gasteiger partial charge in [0, 0.05) is 12.1 Å². The standard InChI is InChI=1S/C15H23NO2/c1-3-16(4-2)10-11-6-5-7-13-12(11)8-9-14(17)15(13)18/h8-9,11,17-18H,3-7,10H2,1-2H3/t11-/m0/s1. The van der Waals surface area contributed by atoms with Gasteiger partial charge in [0.1, 0.15) is 0 Å². The van der Waals surface area contributed by atoms with Crippen LogP contribution in [0.3, 0.4) is 0 Å². The molecule has 3 nitrogen and oxygen atoms in total. The van der Waals surface area contributed by atoms with Gasteiger partial charge >= 0.3 is 0 Å². The van der Waals surface area contributed by atoms with Crippen molar-refractivity contribution in [3.63, 3.8) is 0 Å². The van der Waals surface area contributed by atoms with Crippen LogP contribution in [0.1, 0.15) is 43.7 Å². The molecule has 0 saturated heterocycles. The average Bonchev–Trinajstić information content (AvgIpc) is 2.40. The van der Waals surface area contributed by atoms with E-state index < -0.39 is 0 Å². The van der Waals surface area contributed by atoms with Gasteiger partial charge in [0.15, 0.2) is 11.5 Å². The summed E-state index contributed by atoms with van der Waals surface area (Å²) >= 11 is 0. The van der Waals surface area contributed by atoms with Crippen molar-refractivity contribution < 1.29 is 10.2 Å². The third-order valence-corrected chi connectivity index (χ3v) is 4.09. The van der Waals surface area contributed by atoms with Gasteiger partial charge in [-0.05, 0) is 49.9 Å². The predicted octanol–water partition coefficient (Wildman–Crippen LogP) is 2.86. The molecule has 0 heterocycles. The smallest absolute Gasteiger partial charge is 0.160 e. The fourth-order valence-corrected chi connectivity index (χ4v) is 2.95. The van der Waals surface area contributed by atoms with E-state index in [1.54, 1.807) is 6.07 Å². The SMILES string of the molecule is CCN(CC)C[C@@H]1CCCc2c1ccc(O)c2O. The Bertz CT molecular complexity index is 413. The summed E-state index contributed by atoms with van der Waals surface area (Å²) in [5.74, 6) is 0.592. The number of fused-ring (bicyclic) bond motifs is 1. The van der Waals surface area contributed by atoms with Gasteiger partial charge in [-0.15, -0.1) is 0 Å². The van der Waals surface area contributed by atoms with E-state index in [2.05, 4.69) is 18.7 Å². The molecule has 0 amide bonds. The summed E-state index contributed by atoms with van der Waals surface area (Å²) < 4.78 is 0. The van der Waals surface area contributed by atoms with Crippen LogP contribution in [0.4, 0.5) is 0 Å². The van der Waals surface area contributed by atoms with Crippen LogP contribution in [0.5, 0.6) is 11.5 Å². The van der Waals surface area contributed by atoms with E-state index in [-0.39, 0.29) is 11.5 Å². The molecule has 1 aromatic carbocycles. The van der Waals surface area contributed by atoms with E-state index in [1.807, 2.05) is 6.07 Å². The summed E-state index contributed by atoms with van der Waals surface area (Å²) in [6.07, 6.45) is 3.15. The Morgan fingerprint density at radius 3 is 2.61 bits per heavy atom. The van der Waals surface area contributed by atoms with Crippen LogP contribution in [0.15, 0.2) is 12.1 Å². The fourth-order valence-electron chi connectivity index (χ4n) is 2.95. The molecule has 0 fully saturated rings. The Morgan fingerprint density at radius 2 is 1.94 bits per heavy atom. The molecule has 0 unspecified atom stereocenters. The number of hydrogen-bond acceptors (Lipinski definition) is 3. The van der Waals surface area contributed by atoms with E-state index in [4.69, 9.17) is 0 Å². The van der Waals surface area contributed by atoms with E-state index in [1.165, 1.54) is 12.0 Å². The maximum Gasteiger partial charge on any atom is 0.160 e. The lowest BCUT2D eigenvalue weighted by molar-refractivity contribution is 0.271. The number of hydrogen-bond donors (Lipinski definition) is 2. The van der Waals surface area contributed by atoms with Crippen molar-refractivity contribution in [2.45, 2.75) is 39.0 Å². The molecule has 1 aliphatic carbocycles. The van der Waals surface area contributed by atoms with Crippen molar-refractivity contribution in [2.24, 2.45) is 0 Å². The van der Waals surface area contributed by atoms with Crippen LogP contribution in [-0.2, 0) is 6.42 Å². The number of phenolic OH excluding ortho intramolecular Hbond substituents is 2. The second kappa shape index (κ2) is 5.61. The lowest BCUT2D eigenvalue weighted by Gasteiger charge is -2.30. The number of benzene rings is 1. The lowest BCUT2D eigenvalue weighted by Crippen LogP contribution is -2.29. The highest BCUT2D eigenvalue weighted by molar-refractivity contribution is 5.51. The summed E-state index contributed by atoms with van der Waals surface area (Å²) in [6.45, 7) is 7.53. The normalized spacial score (nSPS) is 18.9. The first-order chi connectivity index (χ1) is 8.67. The molecule has 0 radical (unpaired) electrons. The third kappa shape index (κ3) is 2.46. The molecule has 0 aliphatic heterocycles. The molecule has 0 aromatic heterocycles. The van der Waals surface area contributed by atoms with Crippen molar-refractivity contribution >= 4 is 0 Å². The predicted molar refractivity (Wildman–Crippen MR) is 73.2 cm³/mol. The second-order valence-corrected chi connectivity index (χ2v) is 5.08. The zero-order chi connectivity index (χ0) is 13.1. The third-order valence-electron chi connectivity index (χ3n) is 4.09. The number of rotatable bonds is 4. The first-order valence-electron chi connectivity index (χ1n) is 6.93. The van der Waals surface area contributed by atoms with Crippen molar-refractivity contribution in [3.8, 4) is 11.5 Å². The summed E-state index contributed by atoms with van der Waals surface area (Å²) in [5.41, 5.74) is 2.18. The minimum atomic E-state index is 0.0113. The van der Waals surface area contributed by atoms with Crippen molar-refractivity contribution in [2.75, 3.05) is 19.6 Å². The number of phenols is 2. The van der Waals surface area contributed by atoms with Crippen LogP contribution < -0.4 is 0 Å². The molecule has 1 atom stereocenters. The second-order valence-electron chi connectivity index (χ2n) is 5.08. The molecule has 3 heteroatoms. The molecular formula is C15H23NO2. The summed E-state index contributed by atoms with van der Waals surface area (Å²) in [6, 6.07) is 3.60. The van der Waals surface area contributed by atoms with Crippen LogP contribution in [0, 0.1) is 0 Å². The quantitative estimate of drug-likeness (QED) is 0.806. The Hall–Kier alpha value is -1.22. The minimum absolute atomic E-state index is 0.0113. The largest absolute Gasteiger partial charge is 0.504 e. The number of nitrogens with zero attached hydrogens (tertiary/aromatic N) is 1. The molecule has 0 spiro atoms. The highest BCUT2D eigenvalue weighted by Crippen LogP contribution is 2.40. The van der Waals surface area contributed by atoms with Gasteiger partial charge in [0.2, 0.25) is 0 Å². The molecule has 0 saturated carbocycles. The summed E-state index contributed by atoms with van der Waals surface area (Å²) in [4.78, 5) is 2.42. The summed E-state index contributed by atoms with van der Waals surface area (Å²) in [7, 11) is 0. The lowest BCUT2D eigenvalue weighted by atomic mass is 9.82. The number of aromatic hydroxyl groups is 2. The first kappa shape index (κ1) is 13.2. The Kier molecular flexibility index (Phi) is 4.12. The van der Waals surface area contributed by atoms with Gasteiger partial charge in [0.25, 0.3) is 0 Å². The van der Waals surface area contributed by atoms with Gasteiger partial charge in [-0.2, -0.15) is 0 Å². The zero-order valence-electron chi connectivity index (χ0n) is 11.3. The van der Waals surface area contributed by atoms with Gasteiger partial charge in [0.05, 0.1) is 0 Å². The molecule has 1 aliphatic rings. The van der Waals surface area contributed by atoms with Crippen LogP contribution in [0.2, 0.25) is 0 Å².